The summed E-state index contributed by atoms with van der Waals surface area (Å²) in [4.78, 5) is 15.8. The zero-order valence-electron chi connectivity index (χ0n) is 14.8. The molecule has 0 spiro atoms. The van der Waals surface area contributed by atoms with E-state index in [4.69, 9.17) is 11.6 Å². The van der Waals surface area contributed by atoms with Gasteiger partial charge < -0.3 is 10.0 Å². The number of nitrogens with zero attached hydrogens (tertiary/aromatic N) is 5. The minimum atomic E-state index is -0.320. The average molecular weight is 376 g/mol. The van der Waals surface area contributed by atoms with E-state index in [2.05, 4.69) is 15.4 Å². The van der Waals surface area contributed by atoms with Crippen LogP contribution in [0.5, 0.6) is 0 Å². The molecule has 1 saturated heterocycles. The van der Waals surface area contributed by atoms with Crippen LogP contribution in [-0.2, 0) is 11.3 Å². The zero-order chi connectivity index (χ0) is 18.7. The predicted molar refractivity (Wildman–Crippen MR) is 98.6 cm³/mol. The highest BCUT2D eigenvalue weighted by molar-refractivity contribution is 6.30. The van der Waals surface area contributed by atoms with Gasteiger partial charge in [-0.1, -0.05) is 17.7 Å². The van der Waals surface area contributed by atoms with Crippen LogP contribution in [0.15, 0.2) is 24.3 Å². The number of hydrogen-bond acceptors (Lipinski definition) is 5. The van der Waals surface area contributed by atoms with Crippen LogP contribution >= 0.6 is 11.6 Å². The summed E-state index contributed by atoms with van der Waals surface area (Å²) in [5, 5.41) is 22.3. The van der Waals surface area contributed by atoms with Gasteiger partial charge in [0, 0.05) is 23.7 Å². The first-order valence-electron chi connectivity index (χ1n) is 8.62. The molecule has 2 atom stereocenters. The molecule has 2 unspecified atom stereocenters. The second-order valence-corrected chi connectivity index (χ2v) is 7.04. The maximum absolute atomic E-state index is 12.5. The molecule has 8 heteroatoms. The summed E-state index contributed by atoms with van der Waals surface area (Å²) in [5.41, 5.74) is 1.78. The minimum Gasteiger partial charge on any atom is -0.393 e. The van der Waals surface area contributed by atoms with E-state index in [9.17, 15) is 9.90 Å². The van der Waals surface area contributed by atoms with Gasteiger partial charge in [-0.2, -0.15) is 4.80 Å². The molecule has 26 heavy (non-hydrogen) atoms. The molecule has 0 radical (unpaired) electrons. The van der Waals surface area contributed by atoms with E-state index in [0.717, 1.165) is 11.1 Å². The van der Waals surface area contributed by atoms with Crippen molar-refractivity contribution in [1.29, 1.82) is 0 Å². The highest BCUT2D eigenvalue weighted by Crippen LogP contribution is 2.20. The number of piperidine rings is 1. The molecule has 1 fully saturated rings. The lowest BCUT2D eigenvalue weighted by atomic mass is 10.0. The molecule has 2 heterocycles. The van der Waals surface area contributed by atoms with Crippen LogP contribution < -0.4 is 0 Å². The fraction of sp³-hybridized carbons (Fsp3) is 0.444. The third-order valence-corrected chi connectivity index (χ3v) is 4.74. The van der Waals surface area contributed by atoms with Crippen molar-refractivity contribution in [2.45, 2.75) is 45.4 Å². The zero-order valence-corrected chi connectivity index (χ0v) is 15.6. The van der Waals surface area contributed by atoms with E-state index in [-0.39, 0.29) is 18.1 Å². The largest absolute Gasteiger partial charge is 0.393 e. The number of benzene rings is 1. The van der Waals surface area contributed by atoms with Crippen LogP contribution in [0.1, 0.15) is 36.7 Å². The molecule has 0 saturated carbocycles. The van der Waals surface area contributed by atoms with Gasteiger partial charge in [0.15, 0.2) is 5.82 Å². The topological polar surface area (TPSA) is 84.1 Å². The number of likely N-dealkylation sites (tertiary alicyclic amines) is 1. The first kappa shape index (κ1) is 18.5. The molecule has 1 amide bonds. The molecule has 1 aromatic heterocycles. The van der Waals surface area contributed by atoms with Crippen molar-refractivity contribution in [3.8, 4) is 0 Å². The average Bonchev–Trinajstić information content (AvgIpc) is 2.99. The van der Waals surface area contributed by atoms with E-state index >= 15 is 0 Å². The van der Waals surface area contributed by atoms with E-state index in [1.165, 1.54) is 4.80 Å². The minimum absolute atomic E-state index is 0.0305. The number of aryl methyl sites for hydroxylation is 1. The maximum atomic E-state index is 12.5. The Balaban J connectivity index is 1.76. The van der Waals surface area contributed by atoms with Gasteiger partial charge in [0.05, 0.1) is 12.6 Å². The number of amides is 1. The van der Waals surface area contributed by atoms with Gasteiger partial charge in [0.1, 0.15) is 0 Å². The van der Waals surface area contributed by atoms with Crippen LogP contribution in [0, 0.1) is 6.92 Å². The Hall–Kier alpha value is -2.25. The second-order valence-electron chi connectivity index (χ2n) is 6.60. The summed E-state index contributed by atoms with van der Waals surface area (Å²) in [7, 11) is 0. The molecule has 2 aromatic rings. The Bertz CT molecular complexity index is 820. The maximum Gasteiger partial charge on any atom is 0.246 e. The van der Waals surface area contributed by atoms with Crippen LogP contribution in [0.3, 0.4) is 0 Å². The van der Waals surface area contributed by atoms with E-state index in [1.54, 1.807) is 30.0 Å². The third kappa shape index (κ3) is 4.47. The molecule has 7 nitrogen and oxygen atoms in total. The normalized spacial score (nSPS) is 20.7. The molecule has 3 rings (SSSR count). The van der Waals surface area contributed by atoms with Crippen LogP contribution in [-0.4, -0.2) is 54.8 Å². The van der Waals surface area contributed by atoms with Crippen molar-refractivity contribution in [3.63, 3.8) is 0 Å². The first-order valence-corrected chi connectivity index (χ1v) is 9.00. The highest BCUT2D eigenvalue weighted by atomic mass is 35.5. The second kappa shape index (κ2) is 7.97. The highest BCUT2D eigenvalue weighted by Gasteiger charge is 2.26. The number of hydrogen-bond donors (Lipinski definition) is 1. The molecular weight excluding hydrogens is 354 g/mol. The molecule has 1 aromatic carbocycles. The number of halogens is 1. The number of aliphatic hydroxyl groups excluding tert-OH is 1. The van der Waals surface area contributed by atoms with Gasteiger partial charge in [0.2, 0.25) is 5.91 Å². The summed E-state index contributed by atoms with van der Waals surface area (Å²) < 4.78 is 0. The van der Waals surface area contributed by atoms with Gasteiger partial charge >= 0.3 is 0 Å². The number of tetrazole rings is 1. The van der Waals surface area contributed by atoms with E-state index in [0.29, 0.717) is 36.8 Å². The lowest BCUT2D eigenvalue weighted by Gasteiger charge is -2.35. The lowest BCUT2D eigenvalue weighted by molar-refractivity contribution is -0.130. The summed E-state index contributed by atoms with van der Waals surface area (Å²) in [5.74, 6) is 0.542. The molecule has 1 aliphatic heterocycles. The fourth-order valence-corrected chi connectivity index (χ4v) is 3.34. The van der Waals surface area contributed by atoms with Crippen molar-refractivity contribution >= 4 is 23.6 Å². The third-order valence-electron chi connectivity index (χ3n) is 4.51. The molecule has 1 N–H and O–H groups in total. The van der Waals surface area contributed by atoms with Crippen molar-refractivity contribution in [2.75, 3.05) is 6.54 Å². The molecular formula is C18H22ClN5O2. The number of rotatable bonds is 4. The van der Waals surface area contributed by atoms with Gasteiger partial charge in [-0.15, -0.1) is 10.2 Å². The summed E-state index contributed by atoms with van der Waals surface area (Å²) in [6, 6.07) is 5.52. The fourth-order valence-electron chi connectivity index (χ4n) is 3.15. The molecule has 138 valence electrons. The number of carbonyl (C=O) groups excluding carboxylic acids is 1. The first-order chi connectivity index (χ1) is 12.4. The summed E-state index contributed by atoms with van der Waals surface area (Å²) >= 11 is 6.12. The van der Waals surface area contributed by atoms with Gasteiger partial charge in [-0.25, -0.2) is 0 Å². The van der Waals surface area contributed by atoms with Crippen LogP contribution in [0.25, 0.3) is 6.08 Å². The number of carbonyl (C=O) groups is 1. The Morgan fingerprint density at radius 3 is 2.96 bits per heavy atom. The molecule has 1 aliphatic rings. The standard InChI is InChI=1S/C18H22ClN5O2/c1-12-9-17(25)7-8-23(12)18(26)6-4-14-3-5-16(19)10-15(14)11-24-21-13(2)20-22-24/h3-6,10,12,17,25H,7-9,11H2,1-2H3. The summed E-state index contributed by atoms with van der Waals surface area (Å²) in [6.45, 7) is 4.72. The van der Waals surface area contributed by atoms with Gasteiger partial charge in [-0.3, -0.25) is 4.79 Å². The van der Waals surface area contributed by atoms with Crippen molar-refractivity contribution in [1.82, 2.24) is 25.1 Å². The Morgan fingerprint density at radius 1 is 1.46 bits per heavy atom. The summed E-state index contributed by atoms with van der Waals surface area (Å²) in [6.07, 6.45) is 4.27. The quantitative estimate of drug-likeness (QED) is 0.827. The van der Waals surface area contributed by atoms with Crippen LogP contribution in [0.4, 0.5) is 0 Å². The Labute approximate surface area is 157 Å². The lowest BCUT2D eigenvalue weighted by Crippen LogP contribution is -2.45. The monoisotopic (exact) mass is 375 g/mol. The molecule has 0 bridgehead atoms. The molecule has 0 aliphatic carbocycles. The Kier molecular flexibility index (Phi) is 5.68. The smallest absolute Gasteiger partial charge is 0.246 e. The number of aliphatic hydroxyl groups is 1. The predicted octanol–water partition coefficient (Wildman–Crippen LogP) is 2.07. The van der Waals surface area contributed by atoms with Gasteiger partial charge in [-0.05, 0) is 61.2 Å². The van der Waals surface area contributed by atoms with Crippen molar-refractivity contribution in [3.05, 3.63) is 46.2 Å². The van der Waals surface area contributed by atoms with Crippen molar-refractivity contribution in [2.24, 2.45) is 0 Å². The van der Waals surface area contributed by atoms with E-state index < -0.39 is 0 Å². The van der Waals surface area contributed by atoms with Crippen LogP contribution in [0.2, 0.25) is 5.02 Å². The number of aromatic nitrogens is 4. The van der Waals surface area contributed by atoms with E-state index in [1.807, 2.05) is 19.1 Å². The Morgan fingerprint density at radius 2 is 2.27 bits per heavy atom. The SMILES string of the molecule is Cc1nnn(Cc2cc(Cl)ccc2C=CC(=O)N2CCC(O)CC2C)n1. The van der Waals surface area contributed by atoms with Gasteiger partial charge in [0.25, 0.3) is 0 Å². The van der Waals surface area contributed by atoms with Crippen molar-refractivity contribution < 1.29 is 9.90 Å².